The number of carbonyl (C=O) groups excluding carboxylic acids is 1. The lowest BCUT2D eigenvalue weighted by atomic mass is 10.1. The zero-order valence-corrected chi connectivity index (χ0v) is 11.8. The lowest BCUT2D eigenvalue weighted by Gasteiger charge is -2.26. The Morgan fingerprint density at radius 3 is 2.50 bits per heavy atom. The van der Waals surface area contributed by atoms with Crippen LogP contribution in [0.2, 0.25) is 0 Å². The molecule has 0 aromatic carbocycles. The third kappa shape index (κ3) is 4.45. The van der Waals surface area contributed by atoms with Crippen molar-refractivity contribution in [2.24, 2.45) is 0 Å². The molecule has 2 atom stereocenters. The fourth-order valence-electron chi connectivity index (χ4n) is 2.82. The van der Waals surface area contributed by atoms with Crippen LogP contribution in [0.15, 0.2) is 0 Å². The van der Waals surface area contributed by atoms with Crippen LogP contribution in [0.4, 0.5) is 0 Å². The van der Waals surface area contributed by atoms with E-state index in [2.05, 4.69) is 10.2 Å². The van der Waals surface area contributed by atoms with Crippen molar-refractivity contribution in [2.75, 3.05) is 26.2 Å². The molecule has 0 aromatic heterocycles. The van der Waals surface area contributed by atoms with E-state index in [4.69, 9.17) is 9.84 Å². The molecule has 2 rings (SSSR count). The van der Waals surface area contributed by atoms with E-state index in [1.54, 1.807) is 0 Å². The Bertz CT molecular complexity index is 342. The smallest absolute Gasteiger partial charge is 0.332 e. The number of amides is 1. The summed E-state index contributed by atoms with van der Waals surface area (Å²) in [6.07, 6.45) is 4.32. The standard InChI is InChI=1S/C14H24N2O4/c17-13(11-5-6-12(20-11)14(18)19)15-7-4-10-16-8-2-1-3-9-16/h11-12H,1-10H2,(H,15,17)(H,18,19). The first kappa shape index (κ1) is 15.3. The number of hydrogen-bond donors (Lipinski definition) is 2. The molecule has 0 spiro atoms. The minimum atomic E-state index is -0.981. The van der Waals surface area contributed by atoms with Crippen molar-refractivity contribution in [1.82, 2.24) is 10.2 Å². The molecule has 0 aromatic rings. The second-order valence-corrected chi connectivity index (χ2v) is 5.58. The van der Waals surface area contributed by atoms with Gasteiger partial charge in [0.1, 0.15) is 6.10 Å². The average molecular weight is 284 g/mol. The molecule has 6 nitrogen and oxygen atoms in total. The van der Waals surface area contributed by atoms with E-state index < -0.39 is 18.2 Å². The normalized spacial score (nSPS) is 27.4. The Hall–Kier alpha value is -1.14. The van der Waals surface area contributed by atoms with Crippen LogP contribution in [-0.2, 0) is 14.3 Å². The third-order valence-electron chi connectivity index (χ3n) is 3.99. The summed E-state index contributed by atoms with van der Waals surface area (Å²) in [5.74, 6) is -1.15. The van der Waals surface area contributed by atoms with Gasteiger partial charge in [-0.2, -0.15) is 0 Å². The van der Waals surface area contributed by atoms with E-state index in [-0.39, 0.29) is 5.91 Å². The first-order valence-electron chi connectivity index (χ1n) is 7.55. The van der Waals surface area contributed by atoms with Gasteiger partial charge < -0.3 is 20.1 Å². The van der Waals surface area contributed by atoms with Gasteiger partial charge in [0, 0.05) is 6.54 Å². The lowest BCUT2D eigenvalue weighted by molar-refractivity contribution is -0.151. The highest BCUT2D eigenvalue weighted by atomic mass is 16.5. The number of ether oxygens (including phenoxy) is 1. The van der Waals surface area contributed by atoms with Crippen LogP contribution in [-0.4, -0.2) is 60.3 Å². The summed E-state index contributed by atoms with van der Waals surface area (Å²) in [6, 6.07) is 0. The van der Waals surface area contributed by atoms with Gasteiger partial charge in [0.15, 0.2) is 6.10 Å². The molecule has 2 fully saturated rings. The van der Waals surface area contributed by atoms with Crippen molar-refractivity contribution in [3.8, 4) is 0 Å². The third-order valence-corrected chi connectivity index (χ3v) is 3.99. The summed E-state index contributed by atoms with van der Waals surface area (Å²) in [5.41, 5.74) is 0. The van der Waals surface area contributed by atoms with Gasteiger partial charge in [-0.15, -0.1) is 0 Å². The number of likely N-dealkylation sites (tertiary alicyclic amines) is 1. The summed E-state index contributed by atoms with van der Waals surface area (Å²) in [7, 11) is 0. The first-order valence-corrected chi connectivity index (χ1v) is 7.55. The summed E-state index contributed by atoms with van der Waals surface area (Å²) >= 11 is 0. The topological polar surface area (TPSA) is 78.9 Å². The average Bonchev–Trinajstić information content (AvgIpc) is 2.94. The number of carbonyl (C=O) groups is 2. The summed E-state index contributed by atoms with van der Waals surface area (Å²) < 4.78 is 5.21. The number of nitrogens with one attached hydrogen (secondary N) is 1. The van der Waals surface area contributed by atoms with Crippen LogP contribution in [0, 0.1) is 0 Å². The van der Waals surface area contributed by atoms with Gasteiger partial charge >= 0.3 is 5.97 Å². The minimum Gasteiger partial charge on any atom is -0.479 e. The number of piperidine rings is 1. The number of aliphatic carboxylic acids is 1. The highest BCUT2D eigenvalue weighted by molar-refractivity contribution is 5.82. The van der Waals surface area contributed by atoms with Crippen LogP contribution >= 0.6 is 0 Å². The van der Waals surface area contributed by atoms with E-state index in [1.165, 1.54) is 32.4 Å². The van der Waals surface area contributed by atoms with Gasteiger partial charge in [0.25, 0.3) is 0 Å². The van der Waals surface area contributed by atoms with Gasteiger partial charge in [-0.05, 0) is 51.7 Å². The number of nitrogens with zero attached hydrogens (tertiary/aromatic N) is 1. The van der Waals surface area contributed by atoms with Crippen molar-refractivity contribution in [3.05, 3.63) is 0 Å². The SMILES string of the molecule is O=C(O)C1CCC(C(=O)NCCCN2CCCCC2)O1. The molecular formula is C14H24N2O4. The molecule has 0 radical (unpaired) electrons. The molecular weight excluding hydrogens is 260 g/mol. The van der Waals surface area contributed by atoms with Crippen molar-refractivity contribution >= 4 is 11.9 Å². The Morgan fingerprint density at radius 2 is 1.85 bits per heavy atom. The Morgan fingerprint density at radius 1 is 1.15 bits per heavy atom. The molecule has 0 aliphatic carbocycles. The summed E-state index contributed by atoms with van der Waals surface area (Å²) in [4.78, 5) is 25.0. The Balaban J connectivity index is 1.57. The molecule has 2 saturated heterocycles. The van der Waals surface area contributed by atoms with Crippen molar-refractivity contribution in [3.63, 3.8) is 0 Å². The Labute approximate surface area is 119 Å². The van der Waals surface area contributed by atoms with E-state index >= 15 is 0 Å². The first-order chi connectivity index (χ1) is 9.66. The molecule has 2 N–H and O–H groups in total. The van der Waals surface area contributed by atoms with Crippen LogP contribution in [0.3, 0.4) is 0 Å². The summed E-state index contributed by atoms with van der Waals surface area (Å²) in [5, 5.41) is 11.6. The zero-order valence-electron chi connectivity index (χ0n) is 11.8. The van der Waals surface area contributed by atoms with Gasteiger partial charge in [0.05, 0.1) is 0 Å². The fourth-order valence-corrected chi connectivity index (χ4v) is 2.82. The maximum absolute atomic E-state index is 11.8. The van der Waals surface area contributed by atoms with Crippen LogP contribution in [0.25, 0.3) is 0 Å². The molecule has 2 unspecified atom stereocenters. The molecule has 20 heavy (non-hydrogen) atoms. The van der Waals surface area contributed by atoms with Crippen molar-refractivity contribution in [1.29, 1.82) is 0 Å². The molecule has 0 bridgehead atoms. The van der Waals surface area contributed by atoms with Gasteiger partial charge in [-0.3, -0.25) is 4.79 Å². The van der Waals surface area contributed by atoms with Gasteiger partial charge in [-0.1, -0.05) is 6.42 Å². The summed E-state index contributed by atoms with van der Waals surface area (Å²) in [6.45, 7) is 3.98. The number of rotatable bonds is 6. The largest absolute Gasteiger partial charge is 0.479 e. The predicted molar refractivity (Wildman–Crippen MR) is 73.4 cm³/mol. The van der Waals surface area contributed by atoms with E-state index in [0.717, 1.165) is 13.0 Å². The highest BCUT2D eigenvalue weighted by Crippen LogP contribution is 2.19. The molecule has 2 aliphatic heterocycles. The monoisotopic (exact) mass is 284 g/mol. The molecule has 114 valence electrons. The molecule has 0 saturated carbocycles. The number of carboxylic acid groups (broad SMARTS) is 1. The quantitative estimate of drug-likeness (QED) is 0.699. The number of hydrogen-bond acceptors (Lipinski definition) is 4. The van der Waals surface area contributed by atoms with Crippen molar-refractivity contribution < 1.29 is 19.4 Å². The zero-order chi connectivity index (χ0) is 14.4. The maximum Gasteiger partial charge on any atom is 0.332 e. The highest BCUT2D eigenvalue weighted by Gasteiger charge is 2.34. The fraction of sp³-hybridized carbons (Fsp3) is 0.857. The van der Waals surface area contributed by atoms with Crippen LogP contribution < -0.4 is 5.32 Å². The van der Waals surface area contributed by atoms with E-state index in [1.807, 2.05) is 0 Å². The van der Waals surface area contributed by atoms with Gasteiger partial charge in [0.2, 0.25) is 5.91 Å². The maximum atomic E-state index is 11.8. The number of carboxylic acids is 1. The molecule has 1 amide bonds. The van der Waals surface area contributed by atoms with Crippen LogP contribution in [0.1, 0.15) is 38.5 Å². The lowest BCUT2D eigenvalue weighted by Crippen LogP contribution is -2.38. The van der Waals surface area contributed by atoms with Crippen LogP contribution in [0.5, 0.6) is 0 Å². The van der Waals surface area contributed by atoms with E-state index in [9.17, 15) is 9.59 Å². The second-order valence-electron chi connectivity index (χ2n) is 5.58. The minimum absolute atomic E-state index is 0.174. The van der Waals surface area contributed by atoms with Crippen molar-refractivity contribution in [2.45, 2.75) is 50.7 Å². The van der Waals surface area contributed by atoms with Gasteiger partial charge in [-0.25, -0.2) is 4.79 Å². The predicted octanol–water partition coefficient (Wildman–Crippen LogP) is 0.611. The Kier molecular flexibility index (Phi) is 5.79. The molecule has 2 heterocycles. The van der Waals surface area contributed by atoms with E-state index in [0.29, 0.717) is 19.4 Å². The molecule has 2 aliphatic rings. The molecule has 6 heteroatoms. The second kappa shape index (κ2) is 7.59.